The lowest BCUT2D eigenvalue weighted by Crippen LogP contribution is -2.30. The van der Waals surface area contributed by atoms with Gasteiger partial charge >= 0.3 is 11.9 Å². The van der Waals surface area contributed by atoms with E-state index in [2.05, 4.69) is 0 Å². The van der Waals surface area contributed by atoms with Gasteiger partial charge in [-0.05, 0) is 74.2 Å². The number of benzene rings is 2. The van der Waals surface area contributed by atoms with Crippen LogP contribution in [-0.4, -0.2) is 19.0 Å². The van der Waals surface area contributed by atoms with E-state index >= 15 is 0 Å². The number of methoxy groups -OCH3 is 1. The van der Waals surface area contributed by atoms with E-state index in [4.69, 9.17) is 19.5 Å². The molecule has 144 valence electrons. The smallest absolute Gasteiger partial charge is 0.314 e. The maximum Gasteiger partial charge on any atom is 0.314 e. The van der Waals surface area contributed by atoms with Crippen molar-refractivity contribution >= 4 is 11.9 Å². The van der Waals surface area contributed by atoms with Crippen LogP contribution in [-0.2, 0) is 9.59 Å². The summed E-state index contributed by atoms with van der Waals surface area (Å²) in [6.07, 6.45) is 2.33. The zero-order valence-electron chi connectivity index (χ0n) is 15.6. The van der Waals surface area contributed by atoms with Gasteiger partial charge in [-0.3, -0.25) is 9.59 Å². The number of nitrogens with zero attached hydrogens (tertiary/aromatic N) is 1. The summed E-state index contributed by atoms with van der Waals surface area (Å²) in [6.45, 7) is 0. The highest BCUT2D eigenvalue weighted by Crippen LogP contribution is 2.31. The zero-order valence-corrected chi connectivity index (χ0v) is 15.6. The van der Waals surface area contributed by atoms with Gasteiger partial charge < -0.3 is 14.2 Å². The normalized spacial score (nSPS) is 18.6. The Hall–Kier alpha value is -3.33. The van der Waals surface area contributed by atoms with E-state index in [0.717, 1.165) is 0 Å². The van der Waals surface area contributed by atoms with Crippen molar-refractivity contribution in [3.8, 4) is 23.3 Å². The first kappa shape index (κ1) is 19.4. The van der Waals surface area contributed by atoms with Gasteiger partial charge in [0.15, 0.2) is 0 Å². The third-order valence-corrected chi connectivity index (χ3v) is 4.87. The second-order valence-electron chi connectivity index (χ2n) is 6.70. The minimum atomic E-state index is -0.299. The van der Waals surface area contributed by atoms with Gasteiger partial charge in [0.25, 0.3) is 0 Å². The maximum atomic E-state index is 12.4. The highest BCUT2D eigenvalue weighted by Gasteiger charge is 2.32. The molecule has 0 spiro atoms. The van der Waals surface area contributed by atoms with E-state index < -0.39 is 0 Å². The van der Waals surface area contributed by atoms with Crippen molar-refractivity contribution in [2.45, 2.75) is 25.7 Å². The van der Waals surface area contributed by atoms with Crippen molar-refractivity contribution < 1.29 is 23.8 Å². The number of carbonyl (C=O) groups excluding carboxylic acids is 2. The zero-order chi connectivity index (χ0) is 19.9. The Labute approximate surface area is 163 Å². The first-order valence-corrected chi connectivity index (χ1v) is 9.16. The minimum Gasteiger partial charge on any atom is -0.497 e. The molecule has 0 heterocycles. The van der Waals surface area contributed by atoms with Gasteiger partial charge in [0.1, 0.15) is 17.2 Å². The van der Waals surface area contributed by atoms with Crippen molar-refractivity contribution in [3.05, 3.63) is 54.1 Å². The van der Waals surface area contributed by atoms with Crippen LogP contribution in [0.3, 0.4) is 0 Å². The lowest BCUT2D eigenvalue weighted by atomic mass is 9.82. The summed E-state index contributed by atoms with van der Waals surface area (Å²) in [5.74, 6) is 0.566. The molecule has 0 amide bonds. The maximum absolute atomic E-state index is 12.4. The molecule has 1 aliphatic carbocycles. The molecule has 0 atom stereocenters. The molecule has 6 heteroatoms. The van der Waals surface area contributed by atoms with Crippen LogP contribution in [0.2, 0.25) is 0 Å². The molecule has 0 radical (unpaired) electrons. The average molecular weight is 379 g/mol. The first-order chi connectivity index (χ1) is 13.6. The number of hydrogen-bond donors (Lipinski definition) is 0. The third-order valence-electron chi connectivity index (χ3n) is 4.87. The van der Waals surface area contributed by atoms with E-state index in [1.807, 2.05) is 6.07 Å². The molecule has 0 aliphatic heterocycles. The van der Waals surface area contributed by atoms with Crippen LogP contribution >= 0.6 is 0 Å². The lowest BCUT2D eigenvalue weighted by molar-refractivity contribution is -0.145. The molecule has 0 bridgehead atoms. The summed E-state index contributed by atoms with van der Waals surface area (Å²) < 4.78 is 15.9. The van der Waals surface area contributed by atoms with Crippen molar-refractivity contribution in [2.75, 3.05) is 7.11 Å². The van der Waals surface area contributed by atoms with E-state index in [1.165, 1.54) is 0 Å². The number of rotatable bonds is 5. The predicted octanol–water partition coefficient (Wildman–Crippen LogP) is 3.88. The van der Waals surface area contributed by atoms with Crippen molar-refractivity contribution in [1.29, 1.82) is 5.26 Å². The molecular formula is C22H21NO5. The van der Waals surface area contributed by atoms with Crippen LogP contribution in [0.4, 0.5) is 0 Å². The standard InChI is InChI=1S/C22H21NO5/c1-26-18-10-12-20(13-11-18)28-22(25)17-6-4-16(5-7-17)21(24)27-19-8-2-15(14-23)3-9-19/h2-3,8-13,16-17H,4-7H2,1H3. The molecule has 0 N–H and O–H groups in total. The Morgan fingerprint density at radius 2 is 1.18 bits per heavy atom. The topological polar surface area (TPSA) is 85.6 Å². The van der Waals surface area contributed by atoms with Crippen molar-refractivity contribution in [2.24, 2.45) is 11.8 Å². The number of esters is 2. The number of hydrogen-bond acceptors (Lipinski definition) is 6. The summed E-state index contributed by atoms with van der Waals surface area (Å²) in [4.78, 5) is 24.7. The Kier molecular flexibility index (Phi) is 6.28. The van der Waals surface area contributed by atoms with Gasteiger partial charge in [-0.25, -0.2) is 0 Å². The third kappa shape index (κ3) is 4.89. The van der Waals surface area contributed by atoms with Gasteiger partial charge in [-0.15, -0.1) is 0 Å². The fourth-order valence-electron chi connectivity index (χ4n) is 3.21. The minimum absolute atomic E-state index is 0.221. The molecule has 6 nitrogen and oxygen atoms in total. The Morgan fingerprint density at radius 1 is 0.786 bits per heavy atom. The highest BCUT2D eigenvalue weighted by molar-refractivity contribution is 5.77. The van der Waals surface area contributed by atoms with Crippen LogP contribution in [0.25, 0.3) is 0 Å². The van der Waals surface area contributed by atoms with Crippen LogP contribution in [0.5, 0.6) is 17.2 Å². The molecule has 2 aromatic rings. The summed E-state index contributed by atoms with van der Waals surface area (Å²) in [5.41, 5.74) is 0.510. The summed E-state index contributed by atoms with van der Waals surface area (Å²) in [7, 11) is 1.58. The summed E-state index contributed by atoms with van der Waals surface area (Å²) in [6, 6.07) is 15.3. The molecule has 28 heavy (non-hydrogen) atoms. The van der Waals surface area contributed by atoms with Crippen LogP contribution in [0.15, 0.2) is 48.5 Å². The van der Waals surface area contributed by atoms with Crippen molar-refractivity contribution in [3.63, 3.8) is 0 Å². The number of carbonyl (C=O) groups is 2. The average Bonchev–Trinajstić information content (AvgIpc) is 2.75. The summed E-state index contributed by atoms with van der Waals surface area (Å²) in [5, 5.41) is 8.80. The molecule has 3 rings (SSSR count). The van der Waals surface area contributed by atoms with E-state index in [1.54, 1.807) is 55.6 Å². The SMILES string of the molecule is COc1ccc(OC(=O)C2CCC(C(=O)Oc3ccc(C#N)cc3)CC2)cc1. The van der Waals surface area contributed by atoms with Crippen molar-refractivity contribution in [1.82, 2.24) is 0 Å². The Morgan fingerprint density at radius 3 is 1.57 bits per heavy atom. The molecular weight excluding hydrogens is 358 g/mol. The van der Waals surface area contributed by atoms with Crippen LogP contribution < -0.4 is 14.2 Å². The molecule has 1 aliphatic rings. The Bertz CT molecular complexity index is 859. The van der Waals surface area contributed by atoms with Gasteiger partial charge in [0.2, 0.25) is 0 Å². The second kappa shape index (κ2) is 9.05. The van der Waals surface area contributed by atoms with Gasteiger partial charge in [-0.1, -0.05) is 0 Å². The fraction of sp³-hybridized carbons (Fsp3) is 0.318. The van der Waals surface area contributed by atoms with E-state index in [9.17, 15) is 9.59 Å². The molecule has 2 aromatic carbocycles. The van der Waals surface area contributed by atoms with Gasteiger partial charge in [0.05, 0.1) is 30.6 Å². The quantitative estimate of drug-likeness (QED) is 0.579. The molecule has 1 fully saturated rings. The van der Waals surface area contributed by atoms with Crippen LogP contribution in [0, 0.1) is 23.2 Å². The van der Waals surface area contributed by atoms with Crippen LogP contribution in [0.1, 0.15) is 31.2 Å². The Balaban J connectivity index is 1.48. The van der Waals surface area contributed by atoms with Gasteiger partial charge in [-0.2, -0.15) is 5.26 Å². The first-order valence-electron chi connectivity index (χ1n) is 9.16. The van der Waals surface area contributed by atoms with Gasteiger partial charge in [0, 0.05) is 0 Å². The number of nitriles is 1. The molecule has 1 saturated carbocycles. The number of ether oxygens (including phenoxy) is 3. The highest BCUT2D eigenvalue weighted by atomic mass is 16.5. The summed E-state index contributed by atoms with van der Waals surface area (Å²) >= 11 is 0. The predicted molar refractivity (Wildman–Crippen MR) is 101 cm³/mol. The second-order valence-corrected chi connectivity index (χ2v) is 6.70. The monoisotopic (exact) mass is 379 g/mol. The molecule has 0 saturated heterocycles. The fourth-order valence-corrected chi connectivity index (χ4v) is 3.21. The van der Waals surface area contributed by atoms with E-state index in [-0.39, 0.29) is 23.8 Å². The van der Waals surface area contributed by atoms with E-state index in [0.29, 0.717) is 48.5 Å². The lowest BCUT2D eigenvalue weighted by Gasteiger charge is -2.25. The molecule has 0 aromatic heterocycles. The molecule has 0 unspecified atom stereocenters. The largest absolute Gasteiger partial charge is 0.497 e.